The molecule has 1 amide bonds. The van der Waals surface area contributed by atoms with E-state index in [1.54, 1.807) is 12.1 Å². The molecule has 0 spiro atoms. The molecular formula is C20H18FN3OS2. The number of thiocarbonyl (C=S) groups is 1. The zero-order chi connectivity index (χ0) is 19.4. The Hall–Kier alpha value is -2.77. The van der Waals surface area contributed by atoms with E-state index in [-0.39, 0.29) is 5.82 Å². The third-order valence-electron chi connectivity index (χ3n) is 4.03. The van der Waals surface area contributed by atoms with Gasteiger partial charge in [0.05, 0.1) is 5.56 Å². The zero-order valence-electron chi connectivity index (χ0n) is 14.6. The van der Waals surface area contributed by atoms with Crippen molar-refractivity contribution in [1.29, 1.82) is 0 Å². The van der Waals surface area contributed by atoms with Gasteiger partial charge in [-0.05, 0) is 54.5 Å². The molecule has 3 rings (SSSR count). The van der Waals surface area contributed by atoms with Gasteiger partial charge in [0.1, 0.15) is 10.8 Å². The lowest BCUT2D eigenvalue weighted by Crippen LogP contribution is -2.21. The standard InChI is InChI=1S/C20H18FN3OS2/c1-12-16(11-13-5-3-2-4-6-13)27-19(17(12)18(22)25)24-20(26)23-15-9-7-14(21)8-10-15/h2-10H,11H2,1H3,(H2,22,25)(H2,23,24,26). The van der Waals surface area contributed by atoms with Gasteiger partial charge < -0.3 is 16.4 Å². The average molecular weight is 400 g/mol. The first-order chi connectivity index (χ1) is 12.9. The van der Waals surface area contributed by atoms with Crippen molar-refractivity contribution in [2.24, 2.45) is 5.73 Å². The molecule has 4 nitrogen and oxygen atoms in total. The van der Waals surface area contributed by atoms with Crippen molar-refractivity contribution in [2.45, 2.75) is 13.3 Å². The highest BCUT2D eigenvalue weighted by molar-refractivity contribution is 7.80. The van der Waals surface area contributed by atoms with Gasteiger partial charge in [0.25, 0.3) is 5.91 Å². The van der Waals surface area contributed by atoms with E-state index in [9.17, 15) is 9.18 Å². The number of thiophene rings is 1. The molecule has 0 radical (unpaired) electrons. The topological polar surface area (TPSA) is 67.2 Å². The maximum atomic E-state index is 13.0. The highest BCUT2D eigenvalue weighted by Crippen LogP contribution is 2.34. The molecule has 0 fully saturated rings. The number of benzene rings is 2. The van der Waals surface area contributed by atoms with Crippen molar-refractivity contribution < 1.29 is 9.18 Å². The van der Waals surface area contributed by atoms with Crippen LogP contribution in [0.15, 0.2) is 54.6 Å². The SMILES string of the molecule is Cc1c(Cc2ccccc2)sc(NC(=S)Nc2ccc(F)cc2)c1C(N)=O. The second kappa shape index (κ2) is 8.28. The number of carbonyl (C=O) groups excluding carboxylic acids is 1. The van der Waals surface area contributed by atoms with Crippen LogP contribution >= 0.6 is 23.6 Å². The van der Waals surface area contributed by atoms with Crippen molar-refractivity contribution in [3.63, 3.8) is 0 Å². The highest BCUT2D eigenvalue weighted by Gasteiger charge is 2.20. The van der Waals surface area contributed by atoms with Gasteiger partial charge in [-0.2, -0.15) is 0 Å². The molecule has 0 unspecified atom stereocenters. The Labute approximate surface area is 166 Å². The molecule has 27 heavy (non-hydrogen) atoms. The van der Waals surface area contributed by atoms with Crippen molar-refractivity contribution in [3.8, 4) is 0 Å². The lowest BCUT2D eigenvalue weighted by Gasteiger charge is -2.10. The molecule has 0 saturated heterocycles. The molecule has 138 valence electrons. The van der Waals surface area contributed by atoms with Crippen molar-refractivity contribution in [2.75, 3.05) is 10.6 Å². The molecule has 7 heteroatoms. The average Bonchev–Trinajstić information content (AvgIpc) is 2.93. The first-order valence-electron chi connectivity index (χ1n) is 8.23. The molecule has 1 heterocycles. The summed E-state index contributed by atoms with van der Waals surface area (Å²) >= 11 is 6.77. The Kier molecular flexibility index (Phi) is 5.83. The number of amides is 1. The largest absolute Gasteiger partial charge is 0.365 e. The number of anilines is 2. The van der Waals surface area contributed by atoms with Crippen LogP contribution in [-0.4, -0.2) is 11.0 Å². The molecule has 0 saturated carbocycles. The highest BCUT2D eigenvalue weighted by atomic mass is 32.1. The Morgan fingerprint density at radius 3 is 2.41 bits per heavy atom. The number of nitrogens with one attached hydrogen (secondary N) is 2. The molecule has 3 aromatic rings. The first kappa shape index (κ1) is 19.0. The second-order valence-electron chi connectivity index (χ2n) is 5.97. The number of hydrogen-bond acceptors (Lipinski definition) is 3. The second-order valence-corrected chi connectivity index (χ2v) is 7.48. The fourth-order valence-electron chi connectivity index (χ4n) is 2.69. The Bertz CT molecular complexity index is 969. The van der Waals surface area contributed by atoms with Crippen LogP contribution < -0.4 is 16.4 Å². The molecule has 1 aromatic heterocycles. The third kappa shape index (κ3) is 4.69. The molecule has 0 atom stereocenters. The van der Waals surface area contributed by atoms with E-state index in [0.29, 0.717) is 27.8 Å². The van der Waals surface area contributed by atoms with E-state index in [2.05, 4.69) is 10.6 Å². The van der Waals surface area contributed by atoms with Crippen LogP contribution in [0.3, 0.4) is 0 Å². The number of rotatable bonds is 5. The van der Waals surface area contributed by atoms with E-state index in [1.807, 2.05) is 37.3 Å². The molecule has 0 aliphatic carbocycles. The Balaban J connectivity index is 1.81. The van der Waals surface area contributed by atoms with Crippen LogP contribution in [-0.2, 0) is 6.42 Å². The minimum Gasteiger partial charge on any atom is -0.365 e. The summed E-state index contributed by atoms with van der Waals surface area (Å²) < 4.78 is 13.0. The number of hydrogen-bond donors (Lipinski definition) is 3. The van der Waals surface area contributed by atoms with Crippen LogP contribution in [0.4, 0.5) is 15.1 Å². The maximum absolute atomic E-state index is 13.0. The van der Waals surface area contributed by atoms with E-state index in [0.717, 1.165) is 16.0 Å². The summed E-state index contributed by atoms with van der Waals surface area (Å²) in [7, 11) is 0. The van der Waals surface area contributed by atoms with Crippen molar-refractivity contribution in [1.82, 2.24) is 0 Å². The van der Waals surface area contributed by atoms with Crippen LogP contribution in [0.5, 0.6) is 0 Å². The number of nitrogens with two attached hydrogens (primary N) is 1. The monoisotopic (exact) mass is 399 g/mol. The lowest BCUT2D eigenvalue weighted by molar-refractivity contribution is 0.100. The summed E-state index contributed by atoms with van der Waals surface area (Å²) in [5, 5.41) is 6.92. The minimum absolute atomic E-state index is 0.302. The summed E-state index contributed by atoms with van der Waals surface area (Å²) in [5.74, 6) is -0.829. The van der Waals surface area contributed by atoms with Crippen LogP contribution in [0.2, 0.25) is 0 Å². The normalized spacial score (nSPS) is 10.4. The van der Waals surface area contributed by atoms with Gasteiger partial charge >= 0.3 is 0 Å². The molecule has 0 aliphatic heterocycles. The van der Waals surface area contributed by atoms with E-state index >= 15 is 0 Å². The summed E-state index contributed by atoms with van der Waals surface area (Å²) in [5.41, 5.74) is 8.67. The molecule has 0 bridgehead atoms. The fourth-order valence-corrected chi connectivity index (χ4v) is 4.23. The number of primary amides is 1. The van der Waals surface area contributed by atoms with Crippen molar-refractivity contribution in [3.05, 3.63) is 82.0 Å². The molecule has 2 aromatic carbocycles. The minimum atomic E-state index is -0.504. The van der Waals surface area contributed by atoms with Gasteiger partial charge in [-0.15, -0.1) is 11.3 Å². The lowest BCUT2D eigenvalue weighted by atomic mass is 10.1. The quantitative estimate of drug-likeness (QED) is 0.544. The van der Waals surface area contributed by atoms with Crippen LogP contribution in [0.1, 0.15) is 26.4 Å². The smallest absolute Gasteiger partial charge is 0.251 e. The van der Waals surface area contributed by atoms with Crippen molar-refractivity contribution >= 4 is 45.3 Å². The Morgan fingerprint density at radius 2 is 1.78 bits per heavy atom. The van der Waals surface area contributed by atoms with Gasteiger partial charge in [0.15, 0.2) is 5.11 Å². The molecule has 4 N–H and O–H groups in total. The first-order valence-corrected chi connectivity index (χ1v) is 9.46. The predicted octanol–water partition coefficient (Wildman–Crippen LogP) is 4.69. The summed E-state index contributed by atoms with van der Waals surface area (Å²) in [4.78, 5) is 13.0. The Morgan fingerprint density at radius 1 is 1.11 bits per heavy atom. The zero-order valence-corrected chi connectivity index (χ0v) is 16.2. The predicted molar refractivity (Wildman–Crippen MR) is 113 cm³/mol. The molecule has 0 aliphatic rings. The van der Waals surface area contributed by atoms with Crippen LogP contribution in [0, 0.1) is 12.7 Å². The summed E-state index contributed by atoms with van der Waals surface area (Å²) in [6.45, 7) is 1.89. The van der Waals surface area contributed by atoms with Crippen LogP contribution in [0.25, 0.3) is 0 Å². The molecular weight excluding hydrogens is 381 g/mol. The summed E-state index contributed by atoms with van der Waals surface area (Å²) in [6, 6.07) is 15.8. The fraction of sp³-hybridized carbons (Fsp3) is 0.100. The van der Waals surface area contributed by atoms with Gasteiger partial charge in [0.2, 0.25) is 0 Å². The number of halogens is 1. The number of carbonyl (C=O) groups is 1. The van der Waals surface area contributed by atoms with Gasteiger partial charge in [-0.1, -0.05) is 30.3 Å². The van der Waals surface area contributed by atoms with E-state index < -0.39 is 5.91 Å². The van der Waals surface area contributed by atoms with Gasteiger partial charge in [-0.25, -0.2) is 4.39 Å². The third-order valence-corrected chi connectivity index (χ3v) is 5.44. The van der Waals surface area contributed by atoms with Gasteiger partial charge in [-0.3, -0.25) is 4.79 Å². The van der Waals surface area contributed by atoms with Gasteiger partial charge in [0, 0.05) is 17.0 Å². The maximum Gasteiger partial charge on any atom is 0.251 e. The van der Waals surface area contributed by atoms with E-state index in [1.165, 1.54) is 23.5 Å². The summed E-state index contributed by atoms with van der Waals surface area (Å²) in [6.07, 6.45) is 0.706. The van der Waals surface area contributed by atoms with E-state index in [4.69, 9.17) is 18.0 Å².